The Hall–Kier alpha value is -3.86. The molecule has 33 heavy (non-hydrogen) atoms. The zero-order valence-electron chi connectivity index (χ0n) is 18.7. The molecule has 0 radical (unpaired) electrons. The maximum absolute atomic E-state index is 13.0. The molecule has 0 bridgehead atoms. The summed E-state index contributed by atoms with van der Waals surface area (Å²) >= 11 is 0. The third-order valence-electron chi connectivity index (χ3n) is 5.00. The summed E-state index contributed by atoms with van der Waals surface area (Å²) in [6.45, 7) is 1.99. The highest BCUT2D eigenvalue weighted by Gasteiger charge is 2.22. The number of ether oxygens (including phenoxy) is 2. The number of hydrogen-bond donors (Lipinski definition) is 2. The highest BCUT2D eigenvalue weighted by atomic mass is 32.2. The minimum atomic E-state index is -3.99. The molecule has 0 saturated carbocycles. The van der Waals surface area contributed by atoms with Gasteiger partial charge in [0, 0.05) is 30.9 Å². The van der Waals surface area contributed by atoms with Gasteiger partial charge in [0.25, 0.3) is 10.0 Å². The number of nitrogens with zero attached hydrogens (tertiary/aromatic N) is 4. The number of imidazole rings is 1. The van der Waals surface area contributed by atoms with Crippen molar-refractivity contribution in [1.29, 1.82) is 0 Å². The molecule has 0 saturated heterocycles. The summed E-state index contributed by atoms with van der Waals surface area (Å²) in [7, 11) is 0.846. The van der Waals surface area contributed by atoms with Crippen molar-refractivity contribution in [2.24, 2.45) is 7.05 Å². The molecule has 0 aliphatic rings. The van der Waals surface area contributed by atoms with Crippen molar-refractivity contribution in [3.05, 3.63) is 54.5 Å². The first kappa shape index (κ1) is 22.3. The number of hydrogen-bond acceptors (Lipinski definition) is 8. The largest absolute Gasteiger partial charge is 0.497 e. The average molecular weight is 469 g/mol. The highest BCUT2D eigenvalue weighted by molar-refractivity contribution is 7.92. The van der Waals surface area contributed by atoms with E-state index in [0.717, 1.165) is 5.56 Å². The predicted molar refractivity (Wildman–Crippen MR) is 126 cm³/mol. The van der Waals surface area contributed by atoms with Gasteiger partial charge in [0.05, 0.1) is 37.3 Å². The van der Waals surface area contributed by atoms with Crippen LogP contribution in [0.2, 0.25) is 0 Å². The molecule has 172 valence electrons. The highest BCUT2D eigenvalue weighted by Crippen LogP contribution is 2.36. The van der Waals surface area contributed by atoms with E-state index in [1.807, 2.05) is 19.1 Å². The SMILES string of the molecule is CCc1c(Nc2nc3ccccc3nc2NS(=O)(=O)c2cn(C)cn2)cc(OC)cc1OC. The molecule has 0 fully saturated rings. The lowest BCUT2D eigenvalue weighted by Crippen LogP contribution is -2.16. The van der Waals surface area contributed by atoms with Crippen LogP contribution in [0.15, 0.2) is 53.9 Å². The number of sulfonamides is 1. The normalized spacial score (nSPS) is 11.4. The molecule has 0 atom stereocenters. The van der Waals surface area contributed by atoms with E-state index in [9.17, 15) is 8.42 Å². The number of para-hydroxylation sites is 2. The third-order valence-corrected chi connectivity index (χ3v) is 6.23. The van der Waals surface area contributed by atoms with Crippen LogP contribution in [-0.4, -0.2) is 42.2 Å². The van der Waals surface area contributed by atoms with Crippen molar-refractivity contribution in [2.75, 3.05) is 24.3 Å². The van der Waals surface area contributed by atoms with Gasteiger partial charge < -0.3 is 19.4 Å². The lowest BCUT2D eigenvalue weighted by molar-refractivity contribution is 0.392. The minimum Gasteiger partial charge on any atom is -0.497 e. The predicted octanol–water partition coefficient (Wildman–Crippen LogP) is 3.49. The summed E-state index contributed by atoms with van der Waals surface area (Å²) in [5.74, 6) is 1.50. The monoisotopic (exact) mass is 468 g/mol. The van der Waals surface area contributed by atoms with Crippen LogP contribution >= 0.6 is 0 Å². The second-order valence-electron chi connectivity index (χ2n) is 7.23. The summed E-state index contributed by atoms with van der Waals surface area (Å²) in [6, 6.07) is 10.8. The molecular weight excluding hydrogens is 444 g/mol. The van der Waals surface area contributed by atoms with Gasteiger partial charge in [0.2, 0.25) is 0 Å². The van der Waals surface area contributed by atoms with Crippen LogP contribution in [-0.2, 0) is 23.5 Å². The van der Waals surface area contributed by atoms with Gasteiger partial charge in [-0.2, -0.15) is 8.42 Å². The van der Waals surface area contributed by atoms with E-state index >= 15 is 0 Å². The summed E-state index contributed by atoms with van der Waals surface area (Å²) in [6.07, 6.45) is 3.48. The topological polar surface area (TPSA) is 120 Å². The molecule has 4 rings (SSSR count). The van der Waals surface area contributed by atoms with Gasteiger partial charge in [-0.3, -0.25) is 4.72 Å². The standard InChI is InChI=1S/C22H24N6O4S/c1-5-15-18(10-14(31-3)11-19(15)32-4)26-21-22(25-17-9-7-6-8-16(17)24-21)27-33(29,30)20-12-28(2)13-23-20/h6-13H,5H2,1-4H3,(H,24,26)(H,25,27). The quantitative estimate of drug-likeness (QED) is 0.403. The Kier molecular flexibility index (Phi) is 6.05. The number of aromatic nitrogens is 4. The molecule has 2 heterocycles. The molecule has 2 aromatic heterocycles. The maximum atomic E-state index is 13.0. The van der Waals surface area contributed by atoms with Crippen LogP contribution in [0.25, 0.3) is 11.0 Å². The zero-order chi connectivity index (χ0) is 23.6. The molecule has 0 aliphatic heterocycles. The Morgan fingerprint density at radius 3 is 2.30 bits per heavy atom. The second kappa shape index (κ2) is 8.94. The van der Waals surface area contributed by atoms with E-state index < -0.39 is 10.0 Å². The molecule has 0 unspecified atom stereocenters. The van der Waals surface area contributed by atoms with Crippen LogP contribution in [0.5, 0.6) is 11.5 Å². The second-order valence-corrected chi connectivity index (χ2v) is 8.86. The summed E-state index contributed by atoms with van der Waals surface area (Å²) < 4.78 is 40.9. The van der Waals surface area contributed by atoms with E-state index in [4.69, 9.17) is 9.47 Å². The molecule has 0 amide bonds. The van der Waals surface area contributed by atoms with Gasteiger partial charge in [-0.1, -0.05) is 19.1 Å². The number of rotatable bonds is 8. The average Bonchev–Trinajstić information content (AvgIpc) is 3.26. The summed E-state index contributed by atoms with van der Waals surface area (Å²) in [4.78, 5) is 13.1. The Bertz CT molecular complexity index is 1420. The lowest BCUT2D eigenvalue weighted by Gasteiger charge is -2.18. The van der Waals surface area contributed by atoms with Crippen LogP contribution in [0.4, 0.5) is 17.3 Å². The van der Waals surface area contributed by atoms with Crippen LogP contribution in [0.3, 0.4) is 0 Å². The fraction of sp³-hybridized carbons (Fsp3) is 0.227. The van der Waals surface area contributed by atoms with Crippen LogP contribution in [0.1, 0.15) is 12.5 Å². The van der Waals surface area contributed by atoms with Crippen LogP contribution in [0, 0.1) is 0 Å². The molecule has 0 spiro atoms. The number of fused-ring (bicyclic) bond motifs is 1. The smallest absolute Gasteiger partial charge is 0.282 e. The molecule has 4 aromatic rings. The minimum absolute atomic E-state index is 0.0446. The number of aryl methyl sites for hydroxylation is 1. The fourth-order valence-electron chi connectivity index (χ4n) is 3.39. The van der Waals surface area contributed by atoms with Crippen molar-refractivity contribution in [3.8, 4) is 11.5 Å². The molecule has 0 aliphatic carbocycles. The summed E-state index contributed by atoms with van der Waals surface area (Å²) in [5.41, 5.74) is 2.69. The lowest BCUT2D eigenvalue weighted by atomic mass is 10.1. The Labute approximate surface area is 191 Å². The molecule has 11 heteroatoms. The van der Waals surface area contributed by atoms with Crippen molar-refractivity contribution in [3.63, 3.8) is 0 Å². The van der Waals surface area contributed by atoms with Gasteiger partial charge in [-0.05, 0) is 18.6 Å². The van der Waals surface area contributed by atoms with Crippen molar-refractivity contribution >= 4 is 38.4 Å². The van der Waals surface area contributed by atoms with E-state index in [2.05, 4.69) is 25.0 Å². The summed E-state index contributed by atoms with van der Waals surface area (Å²) in [5, 5.41) is 3.10. The number of anilines is 3. The first-order chi connectivity index (χ1) is 15.8. The van der Waals surface area contributed by atoms with Gasteiger partial charge in [0.15, 0.2) is 16.7 Å². The van der Waals surface area contributed by atoms with Crippen molar-refractivity contribution in [1.82, 2.24) is 19.5 Å². The first-order valence-electron chi connectivity index (χ1n) is 10.1. The molecule has 2 N–H and O–H groups in total. The number of methoxy groups -OCH3 is 2. The van der Waals surface area contributed by atoms with Crippen molar-refractivity contribution in [2.45, 2.75) is 18.4 Å². The van der Waals surface area contributed by atoms with E-state index in [1.165, 1.54) is 12.5 Å². The van der Waals surface area contributed by atoms with E-state index in [1.54, 1.807) is 50.1 Å². The van der Waals surface area contributed by atoms with E-state index in [0.29, 0.717) is 34.6 Å². The van der Waals surface area contributed by atoms with Gasteiger partial charge in [0.1, 0.15) is 11.5 Å². The van der Waals surface area contributed by atoms with Gasteiger partial charge in [-0.25, -0.2) is 15.0 Å². The molecule has 2 aromatic carbocycles. The third kappa shape index (κ3) is 4.53. The maximum Gasteiger partial charge on any atom is 0.282 e. The van der Waals surface area contributed by atoms with Gasteiger partial charge >= 0.3 is 0 Å². The molecular formula is C22H24N6O4S. The van der Waals surface area contributed by atoms with Gasteiger partial charge in [-0.15, -0.1) is 0 Å². The fourth-order valence-corrected chi connectivity index (χ4v) is 4.38. The number of nitrogens with one attached hydrogen (secondary N) is 2. The Balaban J connectivity index is 1.84. The Morgan fingerprint density at radius 1 is 1.03 bits per heavy atom. The zero-order valence-corrected chi connectivity index (χ0v) is 19.5. The first-order valence-corrected chi connectivity index (χ1v) is 11.6. The number of benzene rings is 2. The van der Waals surface area contributed by atoms with E-state index in [-0.39, 0.29) is 16.7 Å². The van der Waals surface area contributed by atoms with Crippen molar-refractivity contribution < 1.29 is 17.9 Å². The molecule has 10 nitrogen and oxygen atoms in total. The van der Waals surface area contributed by atoms with Crippen LogP contribution < -0.4 is 19.5 Å². The Morgan fingerprint density at radius 2 is 1.73 bits per heavy atom.